The molecule has 0 unspecified atom stereocenters. The lowest BCUT2D eigenvalue weighted by atomic mass is 10.4. The van der Waals surface area contributed by atoms with Crippen molar-refractivity contribution in [3.8, 4) is 0 Å². The number of hydrogen-bond acceptors (Lipinski definition) is 5. The van der Waals surface area contributed by atoms with Gasteiger partial charge < -0.3 is 10.2 Å². The molecule has 0 aliphatic heterocycles. The van der Waals surface area contributed by atoms with E-state index < -0.39 is 10.0 Å². The molecule has 3 N–H and O–H groups in total. The lowest BCUT2D eigenvalue weighted by Crippen LogP contribution is -2.34. The minimum absolute atomic E-state index is 0.265. The van der Waals surface area contributed by atoms with E-state index in [1.165, 1.54) is 12.8 Å². The summed E-state index contributed by atoms with van der Waals surface area (Å²) in [5.41, 5.74) is 1.09. The van der Waals surface area contributed by atoms with Crippen LogP contribution in [0.1, 0.15) is 24.2 Å². The predicted molar refractivity (Wildman–Crippen MR) is 76.9 cm³/mol. The highest BCUT2D eigenvalue weighted by molar-refractivity contribution is 7.89. The fraction of sp³-hybridized carbons (Fsp3) is 0.750. The van der Waals surface area contributed by atoms with Crippen LogP contribution in [0.5, 0.6) is 0 Å². The molecule has 1 fully saturated rings. The normalized spacial score (nSPS) is 16.0. The minimum Gasteiger partial charge on any atom is -0.314 e. The number of aromatic amines is 1. The van der Waals surface area contributed by atoms with Gasteiger partial charge >= 0.3 is 0 Å². The molecule has 1 saturated carbocycles. The van der Waals surface area contributed by atoms with Crippen LogP contribution in [0.2, 0.25) is 0 Å². The first kappa shape index (κ1) is 15.4. The van der Waals surface area contributed by atoms with E-state index in [1.807, 2.05) is 7.05 Å². The highest BCUT2D eigenvalue weighted by atomic mass is 32.2. The number of aromatic nitrogens is 2. The molecule has 1 aliphatic carbocycles. The summed E-state index contributed by atoms with van der Waals surface area (Å²) < 4.78 is 27.4. The SMILES string of the molecule is CNCc1n[nH]c(C)c1S(=O)(=O)NCCN(C)C1CC1. The molecular weight excluding hydrogens is 278 g/mol. The van der Waals surface area contributed by atoms with Gasteiger partial charge in [0.1, 0.15) is 4.90 Å². The first-order valence-corrected chi connectivity index (χ1v) is 8.32. The van der Waals surface area contributed by atoms with E-state index in [0.29, 0.717) is 30.5 Å². The quantitative estimate of drug-likeness (QED) is 0.619. The maximum absolute atomic E-state index is 12.4. The van der Waals surface area contributed by atoms with Gasteiger partial charge in [0, 0.05) is 25.7 Å². The van der Waals surface area contributed by atoms with Crippen LogP contribution in [0, 0.1) is 6.92 Å². The molecule has 1 aliphatic rings. The van der Waals surface area contributed by atoms with Crippen molar-refractivity contribution in [1.29, 1.82) is 0 Å². The second kappa shape index (κ2) is 6.21. The summed E-state index contributed by atoms with van der Waals surface area (Å²) in [5, 5.41) is 9.70. The zero-order valence-electron chi connectivity index (χ0n) is 12.2. The molecule has 1 heterocycles. The van der Waals surface area contributed by atoms with Crippen molar-refractivity contribution in [2.24, 2.45) is 0 Å². The number of nitrogens with one attached hydrogen (secondary N) is 3. The topological polar surface area (TPSA) is 90.1 Å². The monoisotopic (exact) mass is 301 g/mol. The number of H-pyrrole nitrogens is 1. The van der Waals surface area contributed by atoms with E-state index in [-0.39, 0.29) is 4.90 Å². The van der Waals surface area contributed by atoms with Crippen LogP contribution in [-0.4, -0.2) is 56.7 Å². The van der Waals surface area contributed by atoms with Crippen molar-refractivity contribution in [3.63, 3.8) is 0 Å². The Labute approximate surface area is 120 Å². The van der Waals surface area contributed by atoms with E-state index >= 15 is 0 Å². The Hall–Kier alpha value is -0.960. The summed E-state index contributed by atoms with van der Waals surface area (Å²) in [7, 11) is 0.280. The van der Waals surface area contributed by atoms with Crippen LogP contribution in [0.15, 0.2) is 4.90 Å². The Morgan fingerprint density at radius 2 is 2.15 bits per heavy atom. The lowest BCUT2D eigenvalue weighted by Gasteiger charge is -2.16. The second-order valence-electron chi connectivity index (χ2n) is 5.26. The third-order valence-corrected chi connectivity index (χ3v) is 5.16. The largest absolute Gasteiger partial charge is 0.314 e. The smallest absolute Gasteiger partial charge is 0.244 e. The Bertz CT molecular complexity index is 550. The number of hydrogen-bond donors (Lipinski definition) is 3. The van der Waals surface area contributed by atoms with Crippen molar-refractivity contribution in [2.75, 3.05) is 27.2 Å². The van der Waals surface area contributed by atoms with Gasteiger partial charge in [0.05, 0.1) is 11.4 Å². The Morgan fingerprint density at radius 1 is 1.45 bits per heavy atom. The molecule has 1 aromatic rings. The molecule has 0 radical (unpaired) electrons. The first-order valence-electron chi connectivity index (χ1n) is 6.84. The van der Waals surface area contributed by atoms with E-state index in [2.05, 4.69) is 25.1 Å². The fourth-order valence-corrected chi connectivity index (χ4v) is 3.62. The van der Waals surface area contributed by atoms with Crippen molar-refractivity contribution in [3.05, 3.63) is 11.4 Å². The molecule has 0 spiro atoms. The second-order valence-corrected chi connectivity index (χ2v) is 6.97. The number of nitrogens with zero attached hydrogens (tertiary/aromatic N) is 2. The first-order chi connectivity index (χ1) is 9.45. The van der Waals surface area contributed by atoms with Crippen LogP contribution < -0.4 is 10.0 Å². The highest BCUT2D eigenvalue weighted by Crippen LogP contribution is 2.24. The van der Waals surface area contributed by atoms with Gasteiger partial charge in [-0.15, -0.1) is 0 Å². The van der Waals surface area contributed by atoms with E-state index in [4.69, 9.17) is 0 Å². The molecule has 0 bridgehead atoms. The van der Waals surface area contributed by atoms with Crippen LogP contribution in [-0.2, 0) is 16.6 Å². The minimum atomic E-state index is -3.51. The summed E-state index contributed by atoms with van der Waals surface area (Å²) in [4.78, 5) is 2.46. The molecular formula is C12H23N5O2S. The van der Waals surface area contributed by atoms with Crippen LogP contribution >= 0.6 is 0 Å². The highest BCUT2D eigenvalue weighted by Gasteiger charge is 2.27. The van der Waals surface area contributed by atoms with E-state index in [0.717, 1.165) is 6.54 Å². The summed E-state index contributed by atoms with van der Waals surface area (Å²) in [5.74, 6) is 0. The molecule has 20 heavy (non-hydrogen) atoms. The van der Waals surface area contributed by atoms with Gasteiger partial charge in [-0.3, -0.25) is 5.10 Å². The zero-order chi connectivity index (χ0) is 14.8. The summed E-state index contributed by atoms with van der Waals surface area (Å²) in [6.45, 7) is 3.28. The molecule has 1 aromatic heterocycles. The Morgan fingerprint density at radius 3 is 2.75 bits per heavy atom. The third-order valence-electron chi connectivity index (χ3n) is 3.50. The van der Waals surface area contributed by atoms with Crippen LogP contribution in [0.4, 0.5) is 0 Å². The van der Waals surface area contributed by atoms with Gasteiger partial charge in [0.2, 0.25) is 10.0 Å². The van der Waals surface area contributed by atoms with E-state index in [9.17, 15) is 8.42 Å². The Balaban J connectivity index is 2.00. The van der Waals surface area contributed by atoms with Gasteiger partial charge in [-0.2, -0.15) is 5.10 Å². The third kappa shape index (κ3) is 3.57. The average Bonchev–Trinajstić information content (AvgIpc) is 3.14. The molecule has 0 aromatic carbocycles. The van der Waals surface area contributed by atoms with E-state index in [1.54, 1.807) is 14.0 Å². The standard InChI is InChI=1S/C12H23N5O2S/c1-9-12(11(8-13-2)16-15-9)20(18,19)14-6-7-17(3)10-4-5-10/h10,13-14H,4-8H2,1-3H3,(H,15,16). The molecule has 8 heteroatoms. The van der Waals surface area contributed by atoms with Gasteiger partial charge in [0.15, 0.2) is 0 Å². The number of likely N-dealkylation sites (N-methyl/N-ethyl adjacent to an activating group) is 1. The maximum atomic E-state index is 12.4. The summed E-state index contributed by atoms with van der Waals surface area (Å²) in [6.07, 6.45) is 2.44. The van der Waals surface area contributed by atoms with Crippen molar-refractivity contribution in [2.45, 2.75) is 37.2 Å². The molecule has 0 atom stereocenters. The van der Waals surface area contributed by atoms with Crippen LogP contribution in [0.3, 0.4) is 0 Å². The fourth-order valence-electron chi connectivity index (χ4n) is 2.24. The van der Waals surface area contributed by atoms with Gasteiger partial charge in [-0.25, -0.2) is 13.1 Å². The van der Waals surface area contributed by atoms with Gasteiger partial charge in [-0.05, 0) is 33.9 Å². The number of aryl methyl sites for hydroxylation is 1. The van der Waals surface area contributed by atoms with Crippen molar-refractivity contribution >= 4 is 10.0 Å². The van der Waals surface area contributed by atoms with Crippen molar-refractivity contribution in [1.82, 2.24) is 25.1 Å². The molecule has 0 saturated heterocycles. The molecule has 2 rings (SSSR count). The summed E-state index contributed by atoms with van der Waals surface area (Å²) >= 11 is 0. The van der Waals surface area contributed by atoms with Gasteiger partial charge in [-0.1, -0.05) is 0 Å². The Kier molecular flexibility index (Phi) is 4.79. The maximum Gasteiger partial charge on any atom is 0.244 e. The summed E-state index contributed by atoms with van der Waals surface area (Å²) in [6, 6.07) is 0.634. The molecule has 7 nitrogen and oxygen atoms in total. The average molecular weight is 301 g/mol. The van der Waals surface area contributed by atoms with Crippen molar-refractivity contribution < 1.29 is 8.42 Å². The predicted octanol–water partition coefficient (Wildman–Crippen LogP) is -0.190. The van der Waals surface area contributed by atoms with Crippen LogP contribution in [0.25, 0.3) is 0 Å². The number of rotatable bonds is 8. The molecule has 0 amide bonds. The zero-order valence-corrected chi connectivity index (χ0v) is 13.0. The number of sulfonamides is 1. The molecule has 114 valence electrons. The lowest BCUT2D eigenvalue weighted by molar-refractivity contribution is 0.329. The van der Waals surface area contributed by atoms with Gasteiger partial charge in [0.25, 0.3) is 0 Å².